The van der Waals surface area contributed by atoms with Gasteiger partial charge in [-0.15, -0.1) is 24.8 Å². The standard InChI is InChI=1S/C21H23FN4O.2ClH/c1-13-3-6-15(9-17(13)24-20(27)12-23-11-14-4-5-14)21-25-18-10-16(22)7-8-19(18)26(21)2;;/h3,6-10,14,23H,4-5,11-12H2,1-2H3,(H,24,27);2*1H. The highest BCUT2D eigenvalue weighted by Crippen LogP contribution is 2.28. The molecule has 3 aromatic rings. The van der Waals surface area contributed by atoms with Gasteiger partial charge >= 0.3 is 0 Å². The van der Waals surface area contributed by atoms with Gasteiger partial charge in [0, 0.05) is 24.4 Å². The largest absolute Gasteiger partial charge is 0.327 e. The first kappa shape index (κ1) is 23.1. The Labute approximate surface area is 181 Å². The van der Waals surface area contributed by atoms with Crippen LogP contribution in [-0.2, 0) is 11.8 Å². The summed E-state index contributed by atoms with van der Waals surface area (Å²) in [6, 6.07) is 10.4. The smallest absolute Gasteiger partial charge is 0.238 e. The van der Waals surface area contributed by atoms with Gasteiger partial charge in [0.05, 0.1) is 17.6 Å². The molecule has 0 bridgehead atoms. The minimum absolute atomic E-state index is 0. The van der Waals surface area contributed by atoms with Crippen LogP contribution < -0.4 is 10.6 Å². The highest BCUT2D eigenvalue weighted by molar-refractivity contribution is 5.94. The Kier molecular flexibility index (Phi) is 7.63. The molecular weight excluding hydrogens is 414 g/mol. The maximum atomic E-state index is 13.5. The molecule has 0 saturated heterocycles. The Hall–Kier alpha value is -2.15. The molecule has 1 aliphatic rings. The van der Waals surface area contributed by atoms with Crippen molar-refractivity contribution in [2.75, 3.05) is 18.4 Å². The van der Waals surface area contributed by atoms with Crippen molar-refractivity contribution < 1.29 is 9.18 Å². The van der Waals surface area contributed by atoms with Crippen molar-refractivity contribution in [3.05, 3.63) is 47.8 Å². The summed E-state index contributed by atoms with van der Waals surface area (Å²) in [4.78, 5) is 16.8. The number of hydrogen-bond donors (Lipinski definition) is 2. The van der Waals surface area contributed by atoms with Gasteiger partial charge in [0.1, 0.15) is 11.6 Å². The van der Waals surface area contributed by atoms with Gasteiger partial charge in [0.2, 0.25) is 5.91 Å². The van der Waals surface area contributed by atoms with Crippen LogP contribution in [0, 0.1) is 18.7 Å². The number of amides is 1. The number of carbonyl (C=O) groups excluding carboxylic acids is 1. The summed E-state index contributed by atoms with van der Waals surface area (Å²) in [7, 11) is 1.91. The molecule has 0 spiro atoms. The average Bonchev–Trinajstić information content (AvgIpc) is 3.40. The maximum Gasteiger partial charge on any atom is 0.238 e. The summed E-state index contributed by atoms with van der Waals surface area (Å²) in [6.45, 7) is 3.18. The average molecular weight is 439 g/mol. The molecule has 0 aliphatic heterocycles. The molecule has 1 amide bonds. The monoisotopic (exact) mass is 438 g/mol. The van der Waals surface area contributed by atoms with E-state index in [1.165, 1.54) is 25.0 Å². The van der Waals surface area contributed by atoms with Crippen LogP contribution in [0.1, 0.15) is 18.4 Å². The summed E-state index contributed by atoms with van der Waals surface area (Å²) in [6.07, 6.45) is 2.52. The number of imidazole rings is 1. The molecular formula is C21H25Cl2FN4O. The summed E-state index contributed by atoms with van der Waals surface area (Å²) < 4.78 is 15.4. The van der Waals surface area contributed by atoms with Gasteiger partial charge in [-0.1, -0.05) is 12.1 Å². The zero-order valence-corrected chi connectivity index (χ0v) is 18.0. The number of anilines is 1. The normalized spacial score (nSPS) is 12.9. The molecule has 1 aliphatic carbocycles. The molecule has 29 heavy (non-hydrogen) atoms. The molecule has 8 heteroatoms. The third-order valence-corrected chi connectivity index (χ3v) is 5.03. The zero-order chi connectivity index (χ0) is 19.0. The SMILES string of the molecule is Cc1ccc(-c2nc3cc(F)ccc3n2C)cc1NC(=O)CNCC1CC1.Cl.Cl. The zero-order valence-electron chi connectivity index (χ0n) is 16.4. The fraction of sp³-hybridized carbons (Fsp3) is 0.333. The molecule has 0 unspecified atom stereocenters. The quantitative estimate of drug-likeness (QED) is 0.596. The van der Waals surface area contributed by atoms with Gasteiger partial charge in [-0.3, -0.25) is 4.79 Å². The first-order valence-electron chi connectivity index (χ1n) is 9.25. The third kappa shape index (κ3) is 5.26. The molecule has 156 valence electrons. The van der Waals surface area contributed by atoms with Gasteiger partial charge in [-0.05, 0) is 56.0 Å². The minimum atomic E-state index is -0.303. The molecule has 1 heterocycles. The lowest BCUT2D eigenvalue weighted by molar-refractivity contribution is -0.115. The van der Waals surface area contributed by atoms with Crippen LogP contribution in [0.2, 0.25) is 0 Å². The second-order valence-corrected chi connectivity index (χ2v) is 7.28. The number of aryl methyl sites for hydroxylation is 2. The van der Waals surface area contributed by atoms with Crippen molar-refractivity contribution in [1.82, 2.24) is 14.9 Å². The van der Waals surface area contributed by atoms with Crippen molar-refractivity contribution in [3.63, 3.8) is 0 Å². The minimum Gasteiger partial charge on any atom is -0.327 e. The van der Waals surface area contributed by atoms with Crippen LogP contribution in [0.3, 0.4) is 0 Å². The molecule has 1 aromatic heterocycles. The number of rotatable bonds is 6. The number of nitrogens with zero attached hydrogens (tertiary/aromatic N) is 2. The lowest BCUT2D eigenvalue weighted by Crippen LogP contribution is -2.29. The first-order valence-corrected chi connectivity index (χ1v) is 9.25. The van der Waals surface area contributed by atoms with E-state index < -0.39 is 0 Å². The van der Waals surface area contributed by atoms with E-state index in [9.17, 15) is 9.18 Å². The number of aromatic nitrogens is 2. The highest BCUT2D eigenvalue weighted by atomic mass is 35.5. The number of nitrogens with one attached hydrogen (secondary N) is 2. The molecule has 1 fully saturated rings. The molecule has 2 N–H and O–H groups in total. The van der Waals surface area contributed by atoms with E-state index in [4.69, 9.17) is 0 Å². The molecule has 5 nitrogen and oxygen atoms in total. The molecule has 1 saturated carbocycles. The van der Waals surface area contributed by atoms with E-state index in [1.54, 1.807) is 6.07 Å². The summed E-state index contributed by atoms with van der Waals surface area (Å²) in [5.74, 6) is 1.12. The van der Waals surface area contributed by atoms with Crippen molar-refractivity contribution in [2.45, 2.75) is 19.8 Å². The lowest BCUT2D eigenvalue weighted by atomic mass is 10.1. The first-order chi connectivity index (χ1) is 13.0. The van der Waals surface area contributed by atoms with E-state index in [-0.39, 0.29) is 36.5 Å². The van der Waals surface area contributed by atoms with E-state index in [2.05, 4.69) is 15.6 Å². The van der Waals surface area contributed by atoms with E-state index in [0.717, 1.165) is 40.6 Å². The molecule has 2 aromatic carbocycles. The van der Waals surface area contributed by atoms with Crippen molar-refractivity contribution in [2.24, 2.45) is 13.0 Å². The molecule has 4 rings (SSSR count). The number of halogens is 3. The summed E-state index contributed by atoms with van der Waals surface area (Å²) >= 11 is 0. The van der Waals surface area contributed by atoms with Gasteiger partial charge in [0.25, 0.3) is 0 Å². The molecule has 0 radical (unpaired) electrons. The number of carbonyl (C=O) groups is 1. The Morgan fingerprint density at radius 3 is 2.69 bits per heavy atom. The summed E-state index contributed by atoms with van der Waals surface area (Å²) in [5, 5.41) is 6.18. The van der Waals surface area contributed by atoms with Gasteiger partial charge in [-0.25, -0.2) is 9.37 Å². The highest BCUT2D eigenvalue weighted by Gasteiger charge is 2.20. The predicted molar refractivity (Wildman–Crippen MR) is 120 cm³/mol. The van der Waals surface area contributed by atoms with Crippen LogP contribution in [0.4, 0.5) is 10.1 Å². The van der Waals surface area contributed by atoms with Crippen LogP contribution in [0.25, 0.3) is 22.4 Å². The van der Waals surface area contributed by atoms with Crippen LogP contribution in [-0.4, -0.2) is 28.5 Å². The Bertz CT molecular complexity index is 1020. The Balaban J connectivity index is 0.00000150. The topological polar surface area (TPSA) is 59.0 Å². The van der Waals surface area contributed by atoms with E-state index in [0.29, 0.717) is 12.1 Å². The maximum absolute atomic E-state index is 13.5. The second-order valence-electron chi connectivity index (χ2n) is 7.28. The van der Waals surface area contributed by atoms with Gasteiger partial charge in [0.15, 0.2) is 0 Å². The second kappa shape index (κ2) is 9.57. The third-order valence-electron chi connectivity index (χ3n) is 5.03. The van der Waals surface area contributed by atoms with E-state index in [1.807, 2.05) is 36.7 Å². The van der Waals surface area contributed by atoms with Crippen molar-refractivity contribution in [1.29, 1.82) is 0 Å². The fourth-order valence-electron chi connectivity index (χ4n) is 3.23. The predicted octanol–water partition coefficient (Wildman–Crippen LogP) is 4.47. The van der Waals surface area contributed by atoms with Crippen LogP contribution >= 0.6 is 24.8 Å². The Morgan fingerprint density at radius 1 is 1.21 bits per heavy atom. The number of benzene rings is 2. The van der Waals surface area contributed by atoms with Crippen LogP contribution in [0.5, 0.6) is 0 Å². The van der Waals surface area contributed by atoms with Crippen molar-refractivity contribution in [3.8, 4) is 11.4 Å². The van der Waals surface area contributed by atoms with E-state index >= 15 is 0 Å². The lowest BCUT2D eigenvalue weighted by Gasteiger charge is -2.11. The Morgan fingerprint density at radius 2 is 1.97 bits per heavy atom. The fourth-order valence-corrected chi connectivity index (χ4v) is 3.23. The van der Waals surface area contributed by atoms with Gasteiger partial charge in [-0.2, -0.15) is 0 Å². The number of fused-ring (bicyclic) bond motifs is 1. The summed E-state index contributed by atoms with van der Waals surface area (Å²) in [5.41, 5.74) is 4.11. The molecule has 0 atom stereocenters. The van der Waals surface area contributed by atoms with Crippen LogP contribution in [0.15, 0.2) is 36.4 Å². The van der Waals surface area contributed by atoms with Crippen molar-refractivity contribution >= 4 is 47.4 Å². The number of hydrogen-bond acceptors (Lipinski definition) is 3. The van der Waals surface area contributed by atoms with Gasteiger partial charge < -0.3 is 15.2 Å².